The highest BCUT2D eigenvalue weighted by atomic mass is 35.5. The Hall–Kier alpha value is -2.20. The van der Waals surface area contributed by atoms with Crippen molar-refractivity contribution in [1.82, 2.24) is 4.90 Å². The summed E-state index contributed by atoms with van der Waals surface area (Å²) in [5.74, 6) is -2.42. The van der Waals surface area contributed by atoms with Gasteiger partial charge in [-0.2, -0.15) is 0 Å². The maximum atomic E-state index is 14.8. The van der Waals surface area contributed by atoms with Crippen molar-refractivity contribution < 1.29 is 27.1 Å². The van der Waals surface area contributed by atoms with Crippen molar-refractivity contribution in [3.05, 3.63) is 69.5 Å². The van der Waals surface area contributed by atoms with Gasteiger partial charge in [0.05, 0.1) is 28.0 Å². The van der Waals surface area contributed by atoms with E-state index >= 15 is 0 Å². The molecule has 0 bridgehead atoms. The molecule has 2 N–H and O–H groups in total. The molecule has 2 fully saturated rings. The van der Waals surface area contributed by atoms with E-state index in [2.05, 4.69) is 0 Å². The van der Waals surface area contributed by atoms with Gasteiger partial charge in [0.1, 0.15) is 11.9 Å². The molecule has 1 saturated heterocycles. The first-order valence-electron chi connectivity index (χ1n) is 12.8. The molecular weight excluding hydrogens is 566 g/mol. The normalized spacial score (nSPS) is 25.0. The number of ether oxygens (including phenoxy) is 1. The summed E-state index contributed by atoms with van der Waals surface area (Å²) < 4.78 is 47.1. The summed E-state index contributed by atoms with van der Waals surface area (Å²) in [5.41, 5.74) is 4.79. The number of hydrogen-bond donors (Lipinski definition) is 1. The molecule has 212 valence electrons. The van der Waals surface area contributed by atoms with Crippen molar-refractivity contribution in [3.8, 4) is 0 Å². The Bertz CT molecular complexity index is 1390. The smallest absolute Gasteiger partial charge is 0.256 e. The monoisotopic (exact) mass is 598 g/mol. The molecule has 7 nitrogen and oxygen atoms in total. The zero-order valence-electron chi connectivity index (χ0n) is 22.3. The number of morpholine rings is 1. The average Bonchev–Trinajstić information content (AvgIpc) is 3.65. The average molecular weight is 600 g/mol. The van der Waals surface area contributed by atoms with Crippen LogP contribution in [0.5, 0.6) is 0 Å². The van der Waals surface area contributed by atoms with Gasteiger partial charge in [-0.3, -0.25) is 9.59 Å². The molecule has 0 aromatic heterocycles. The van der Waals surface area contributed by atoms with Gasteiger partial charge in [-0.1, -0.05) is 41.4 Å². The predicted octanol–water partition coefficient (Wildman–Crippen LogP) is 5.40. The van der Waals surface area contributed by atoms with E-state index < -0.39 is 62.4 Å². The Balaban J connectivity index is 1.97. The van der Waals surface area contributed by atoms with E-state index in [1.54, 1.807) is 51.1 Å². The number of benzene rings is 2. The lowest BCUT2D eigenvalue weighted by Crippen LogP contribution is -2.62. The lowest BCUT2D eigenvalue weighted by Gasteiger charge is -2.52. The molecule has 1 aliphatic heterocycles. The van der Waals surface area contributed by atoms with Crippen LogP contribution in [0.25, 0.3) is 0 Å². The second kappa shape index (κ2) is 10.7. The first-order valence-corrected chi connectivity index (χ1v) is 15.2. The molecule has 2 aliphatic rings. The molecule has 1 heterocycles. The van der Waals surface area contributed by atoms with E-state index in [0.29, 0.717) is 16.1 Å². The Morgan fingerprint density at radius 3 is 2.38 bits per heavy atom. The predicted molar refractivity (Wildman–Crippen MR) is 149 cm³/mol. The van der Waals surface area contributed by atoms with Gasteiger partial charge in [0.15, 0.2) is 15.4 Å². The van der Waals surface area contributed by atoms with Crippen LogP contribution in [0.2, 0.25) is 10.0 Å². The van der Waals surface area contributed by atoms with Gasteiger partial charge >= 0.3 is 0 Å². The van der Waals surface area contributed by atoms with Crippen molar-refractivity contribution >= 4 is 44.9 Å². The Morgan fingerprint density at radius 2 is 1.85 bits per heavy atom. The molecular formula is C28H33Cl2FN2O5S. The lowest BCUT2D eigenvalue weighted by molar-refractivity contribution is -0.204. The van der Waals surface area contributed by atoms with Gasteiger partial charge in [0.2, 0.25) is 5.91 Å². The largest absolute Gasteiger partial charge is 0.370 e. The Morgan fingerprint density at radius 1 is 1.18 bits per heavy atom. The number of rotatable bonds is 8. The molecule has 4 rings (SSSR count). The lowest BCUT2D eigenvalue weighted by atomic mass is 9.85. The quantitative estimate of drug-likeness (QED) is 0.438. The van der Waals surface area contributed by atoms with Gasteiger partial charge in [-0.25, -0.2) is 12.8 Å². The molecule has 0 spiro atoms. The number of sulfone groups is 1. The van der Waals surface area contributed by atoms with Crippen LogP contribution in [-0.4, -0.2) is 47.3 Å². The summed E-state index contributed by atoms with van der Waals surface area (Å²) in [5, 5.41) is 0.312. The van der Waals surface area contributed by atoms with Gasteiger partial charge in [0.25, 0.3) is 5.91 Å². The third-order valence-electron chi connectivity index (χ3n) is 7.48. The van der Waals surface area contributed by atoms with Crippen LogP contribution in [-0.2, 0) is 24.2 Å². The topological polar surface area (TPSA) is 107 Å². The molecule has 2 amide bonds. The molecule has 11 heteroatoms. The minimum atomic E-state index is -3.69. The van der Waals surface area contributed by atoms with E-state index in [-0.39, 0.29) is 16.7 Å². The summed E-state index contributed by atoms with van der Waals surface area (Å²) in [6.45, 7) is 6.33. The fourth-order valence-electron chi connectivity index (χ4n) is 5.11. The molecule has 2 aromatic carbocycles. The summed E-state index contributed by atoms with van der Waals surface area (Å²) in [6.07, 6.45) is 0.102. The second-order valence-electron chi connectivity index (χ2n) is 11.6. The SMILES string of the molecule is CC(C)(C)S(=O)(=O)C[C@H](C1CC1)N1C(=O)[C@@](C)(CC(N)=O)O[C@H](c2cccc(Cl)c2)C1c1ccc(Cl)c(F)c1. The zero-order chi connectivity index (χ0) is 28.9. The fourth-order valence-corrected chi connectivity index (χ4v) is 6.81. The third-order valence-corrected chi connectivity index (χ3v) is 10.7. The highest BCUT2D eigenvalue weighted by Crippen LogP contribution is 2.51. The van der Waals surface area contributed by atoms with Gasteiger partial charge in [0, 0.05) is 11.1 Å². The summed E-state index contributed by atoms with van der Waals surface area (Å²) in [6, 6.07) is 9.35. The Kier molecular flexibility index (Phi) is 8.13. The molecule has 0 radical (unpaired) electrons. The summed E-state index contributed by atoms with van der Waals surface area (Å²) in [4.78, 5) is 27.9. The first kappa shape index (κ1) is 29.8. The van der Waals surface area contributed by atoms with Crippen molar-refractivity contribution in [2.24, 2.45) is 11.7 Å². The van der Waals surface area contributed by atoms with Gasteiger partial charge < -0.3 is 15.4 Å². The fraction of sp³-hybridized carbons (Fsp3) is 0.500. The highest BCUT2D eigenvalue weighted by molar-refractivity contribution is 7.92. The minimum Gasteiger partial charge on any atom is -0.370 e. The molecule has 4 atom stereocenters. The van der Waals surface area contributed by atoms with Crippen molar-refractivity contribution in [2.45, 2.75) is 75.5 Å². The first-order chi connectivity index (χ1) is 18.0. The minimum absolute atomic E-state index is 0.0957. The van der Waals surface area contributed by atoms with Crippen LogP contribution < -0.4 is 5.73 Å². The van der Waals surface area contributed by atoms with Crippen molar-refractivity contribution in [2.75, 3.05) is 5.75 Å². The van der Waals surface area contributed by atoms with Gasteiger partial charge in [-0.05, 0) is 81.8 Å². The molecule has 1 saturated carbocycles. The molecule has 39 heavy (non-hydrogen) atoms. The van der Waals surface area contributed by atoms with E-state index in [0.717, 1.165) is 12.8 Å². The summed E-state index contributed by atoms with van der Waals surface area (Å²) >= 11 is 12.3. The number of halogens is 3. The van der Waals surface area contributed by atoms with E-state index in [4.69, 9.17) is 33.7 Å². The van der Waals surface area contributed by atoms with E-state index in [9.17, 15) is 22.4 Å². The second-order valence-corrected chi connectivity index (χ2v) is 15.2. The van der Waals surface area contributed by atoms with Crippen LogP contribution in [0.15, 0.2) is 42.5 Å². The maximum Gasteiger partial charge on any atom is 0.256 e. The van der Waals surface area contributed by atoms with Crippen molar-refractivity contribution in [1.29, 1.82) is 0 Å². The molecule has 2 aromatic rings. The number of nitrogens with zero attached hydrogens (tertiary/aromatic N) is 1. The van der Waals surface area contributed by atoms with Crippen LogP contribution in [0.3, 0.4) is 0 Å². The highest BCUT2D eigenvalue weighted by Gasteiger charge is 2.56. The number of hydrogen-bond acceptors (Lipinski definition) is 5. The Labute approximate surface area is 238 Å². The number of carbonyl (C=O) groups is 2. The maximum absolute atomic E-state index is 14.8. The number of primary amides is 1. The third kappa shape index (κ3) is 6.11. The standard InChI is InChI=1S/C28H33Cl2FN2O5S/c1-27(2,3)39(36,37)15-22(16-8-9-16)33-24(17-10-11-20(30)21(31)13-17)25(18-6-5-7-19(29)12-18)38-28(4,26(33)35)14-23(32)34/h5-7,10-13,16,22,24-25H,8-9,14-15H2,1-4H3,(H2,32,34)/t22-,24?,25-,28-/m1/s1. The van der Waals surface area contributed by atoms with Crippen molar-refractivity contribution in [3.63, 3.8) is 0 Å². The molecule has 1 aliphatic carbocycles. The number of amides is 2. The van der Waals surface area contributed by atoms with Crippen LogP contribution in [0, 0.1) is 11.7 Å². The van der Waals surface area contributed by atoms with Crippen LogP contribution in [0.4, 0.5) is 4.39 Å². The number of carbonyl (C=O) groups excluding carboxylic acids is 2. The molecule has 1 unspecified atom stereocenters. The number of nitrogens with two attached hydrogens (primary N) is 1. The van der Waals surface area contributed by atoms with Crippen LogP contribution in [0.1, 0.15) is 70.2 Å². The summed E-state index contributed by atoms with van der Waals surface area (Å²) in [7, 11) is -3.69. The van der Waals surface area contributed by atoms with E-state index in [1.807, 2.05) is 0 Å². The van der Waals surface area contributed by atoms with E-state index in [1.165, 1.54) is 24.0 Å². The zero-order valence-corrected chi connectivity index (χ0v) is 24.6. The van der Waals surface area contributed by atoms with Crippen LogP contribution >= 0.6 is 23.2 Å². The van der Waals surface area contributed by atoms with Gasteiger partial charge in [-0.15, -0.1) is 0 Å².